The van der Waals surface area contributed by atoms with E-state index in [9.17, 15) is 13.2 Å². The van der Waals surface area contributed by atoms with Gasteiger partial charge in [0.15, 0.2) is 11.5 Å². The van der Waals surface area contributed by atoms with Crippen LogP contribution in [0, 0.1) is 17.8 Å². The van der Waals surface area contributed by atoms with Crippen LogP contribution in [0.15, 0.2) is 42.5 Å². The molecule has 0 saturated carbocycles. The molecule has 1 atom stereocenters. The quantitative estimate of drug-likeness (QED) is 0.497. The van der Waals surface area contributed by atoms with Crippen molar-refractivity contribution in [2.24, 2.45) is 5.92 Å². The molecule has 0 spiro atoms. The number of ether oxygens (including phenoxy) is 2. The fourth-order valence-corrected chi connectivity index (χ4v) is 4.00. The Bertz CT molecular complexity index is 1120. The highest BCUT2D eigenvalue weighted by Gasteiger charge is 2.24. The third kappa shape index (κ3) is 9.34. The first-order chi connectivity index (χ1) is 15.6. The normalized spacial score (nSPS) is 11.9. The van der Waals surface area contributed by atoms with Gasteiger partial charge in [-0.05, 0) is 48.2 Å². The highest BCUT2D eigenvalue weighted by atomic mass is 35.5. The van der Waals surface area contributed by atoms with Crippen molar-refractivity contribution in [2.45, 2.75) is 26.3 Å². The summed E-state index contributed by atoms with van der Waals surface area (Å²) in [4.78, 5) is 12.4. The molecule has 9 heteroatoms. The second-order valence-electron chi connectivity index (χ2n) is 7.74. The third-order valence-electron chi connectivity index (χ3n) is 4.59. The first kappa shape index (κ1) is 26.5. The summed E-state index contributed by atoms with van der Waals surface area (Å²) < 4.78 is 36.5. The lowest BCUT2D eigenvalue weighted by atomic mass is 10.0. The van der Waals surface area contributed by atoms with Gasteiger partial charge in [0.25, 0.3) is 0 Å². The zero-order chi connectivity index (χ0) is 24.4. The molecule has 1 amide bonds. The summed E-state index contributed by atoms with van der Waals surface area (Å²) in [5.41, 5.74) is 1.74. The minimum absolute atomic E-state index is 0.182. The van der Waals surface area contributed by atoms with Crippen molar-refractivity contribution in [3.05, 3.63) is 58.6 Å². The van der Waals surface area contributed by atoms with E-state index >= 15 is 0 Å². The van der Waals surface area contributed by atoms with E-state index in [1.165, 1.54) is 0 Å². The minimum atomic E-state index is -3.49. The summed E-state index contributed by atoms with van der Waals surface area (Å²) in [6, 6.07) is 12.0. The van der Waals surface area contributed by atoms with Gasteiger partial charge in [0.05, 0.1) is 13.4 Å². The number of amides is 1. The Morgan fingerprint density at radius 1 is 1.15 bits per heavy atom. The number of carbonyl (C=O) groups is 1. The Hall–Kier alpha value is -2.73. The molecule has 2 rings (SSSR count). The van der Waals surface area contributed by atoms with Gasteiger partial charge in [0.2, 0.25) is 15.9 Å². The van der Waals surface area contributed by atoms with Crippen molar-refractivity contribution >= 4 is 27.5 Å². The number of benzene rings is 2. The number of hydrogen-bond acceptors (Lipinski definition) is 5. The van der Waals surface area contributed by atoms with Crippen LogP contribution < -0.4 is 19.5 Å². The molecule has 7 nitrogen and oxygen atoms in total. The lowest BCUT2D eigenvalue weighted by Gasteiger charge is -2.20. The van der Waals surface area contributed by atoms with Crippen molar-refractivity contribution in [3.63, 3.8) is 0 Å². The van der Waals surface area contributed by atoms with E-state index in [0.29, 0.717) is 29.5 Å². The molecule has 178 valence electrons. The zero-order valence-corrected chi connectivity index (χ0v) is 20.7. The van der Waals surface area contributed by atoms with Gasteiger partial charge in [0, 0.05) is 17.1 Å². The van der Waals surface area contributed by atoms with Crippen LogP contribution in [0.5, 0.6) is 11.5 Å². The van der Waals surface area contributed by atoms with Gasteiger partial charge in [0.1, 0.15) is 12.6 Å². The number of sulfonamides is 1. The lowest BCUT2D eigenvalue weighted by Crippen LogP contribution is -2.49. The monoisotopic (exact) mass is 492 g/mol. The molecule has 0 unspecified atom stereocenters. The molecule has 2 N–H and O–H groups in total. The molecular formula is C24H29ClN2O5S. The smallest absolute Gasteiger partial charge is 0.238 e. The molecular weight excluding hydrogens is 464 g/mol. The molecule has 0 aliphatic carbocycles. The Balaban J connectivity index is 1.91. The summed E-state index contributed by atoms with van der Waals surface area (Å²) in [7, 11) is -1.94. The molecule has 0 saturated heterocycles. The third-order valence-corrected chi connectivity index (χ3v) is 5.51. The van der Waals surface area contributed by atoms with Gasteiger partial charge in [-0.3, -0.25) is 4.79 Å². The Morgan fingerprint density at radius 3 is 2.55 bits per heavy atom. The van der Waals surface area contributed by atoms with Gasteiger partial charge in [-0.1, -0.05) is 49.4 Å². The molecule has 0 aliphatic rings. The van der Waals surface area contributed by atoms with Gasteiger partial charge < -0.3 is 14.8 Å². The Morgan fingerprint density at radius 2 is 1.91 bits per heavy atom. The van der Waals surface area contributed by atoms with Crippen molar-refractivity contribution in [1.29, 1.82) is 0 Å². The predicted molar refractivity (Wildman–Crippen MR) is 130 cm³/mol. The number of nitrogens with one attached hydrogen (secondary N) is 2. The van der Waals surface area contributed by atoms with Crippen molar-refractivity contribution in [3.8, 4) is 23.3 Å². The molecule has 0 radical (unpaired) electrons. The van der Waals surface area contributed by atoms with E-state index in [1.807, 2.05) is 24.3 Å². The summed E-state index contributed by atoms with van der Waals surface area (Å²) in [6.07, 6.45) is 1.58. The van der Waals surface area contributed by atoms with Gasteiger partial charge in [-0.2, -0.15) is 0 Å². The van der Waals surface area contributed by atoms with Crippen LogP contribution in [0.2, 0.25) is 5.02 Å². The number of halogens is 1. The van der Waals surface area contributed by atoms with E-state index in [1.54, 1.807) is 39.2 Å². The van der Waals surface area contributed by atoms with E-state index in [2.05, 4.69) is 21.9 Å². The molecule has 2 aromatic carbocycles. The summed E-state index contributed by atoms with van der Waals surface area (Å²) in [6.45, 7) is 4.10. The molecule has 0 aliphatic heterocycles. The highest BCUT2D eigenvalue weighted by Crippen LogP contribution is 2.28. The first-order valence-corrected chi connectivity index (χ1v) is 12.6. The second kappa shape index (κ2) is 12.5. The number of hydrogen-bond donors (Lipinski definition) is 2. The van der Waals surface area contributed by atoms with Crippen molar-refractivity contribution in [1.82, 2.24) is 10.0 Å². The number of carbonyl (C=O) groups excluding carboxylic acids is 1. The number of methoxy groups -OCH3 is 1. The minimum Gasteiger partial charge on any atom is -0.493 e. The molecule has 0 bridgehead atoms. The largest absolute Gasteiger partial charge is 0.493 e. The maximum atomic E-state index is 12.4. The lowest BCUT2D eigenvalue weighted by molar-refractivity contribution is -0.123. The SMILES string of the molecule is COc1cc(CCNC(=O)[C@@H](NS(C)(=O)=O)C(C)C)ccc1OCC#Cc1cccc(Cl)c1. The molecule has 2 aromatic rings. The van der Waals surface area contributed by atoms with Crippen LogP contribution >= 0.6 is 11.6 Å². The average Bonchev–Trinajstić information content (AvgIpc) is 2.74. The molecule has 0 aromatic heterocycles. The molecule has 0 heterocycles. The Labute approximate surface area is 200 Å². The van der Waals surface area contributed by atoms with Gasteiger partial charge in [-0.25, -0.2) is 13.1 Å². The van der Waals surface area contributed by atoms with Crippen molar-refractivity contribution in [2.75, 3.05) is 26.5 Å². The van der Waals surface area contributed by atoms with Crippen LogP contribution in [0.4, 0.5) is 0 Å². The van der Waals surface area contributed by atoms with Gasteiger partial charge >= 0.3 is 0 Å². The van der Waals surface area contributed by atoms with E-state index in [4.69, 9.17) is 21.1 Å². The zero-order valence-electron chi connectivity index (χ0n) is 19.1. The fraction of sp³-hybridized carbons (Fsp3) is 0.375. The van der Waals surface area contributed by atoms with Gasteiger partial charge in [-0.15, -0.1) is 0 Å². The number of rotatable bonds is 10. The average molecular weight is 493 g/mol. The molecule has 0 fully saturated rings. The van der Waals surface area contributed by atoms with Crippen LogP contribution in [0.25, 0.3) is 0 Å². The van der Waals surface area contributed by atoms with Crippen molar-refractivity contribution < 1.29 is 22.7 Å². The molecule has 33 heavy (non-hydrogen) atoms. The van der Waals surface area contributed by atoms with E-state index in [-0.39, 0.29) is 18.4 Å². The van der Waals surface area contributed by atoms with Crippen LogP contribution in [0.3, 0.4) is 0 Å². The second-order valence-corrected chi connectivity index (χ2v) is 9.96. The van der Waals surface area contributed by atoms with E-state index in [0.717, 1.165) is 17.4 Å². The predicted octanol–water partition coefficient (Wildman–Crippen LogP) is 3.01. The van der Waals surface area contributed by atoms with Crippen LogP contribution in [-0.4, -0.2) is 46.9 Å². The topological polar surface area (TPSA) is 93.7 Å². The Kier molecular flexibility index (Phi) is 10.0. The summed E-state index contributed by atoms with van der Waals surface area (Å²) in [5, 5.41) is 3.41. The van der Waals surface area contributed by atoms with Crippen LogP contribution in [-0.2, 0) is 21.2 Å². The summed E-state index contributed by atoms with van der Waals surface area (Å²) >= 11 is 5.95. The standard InChI is InChI=1S/C24H29ClN2O5S/c1-17(2)23(27-33(4,29)30)24(28)26-13-12-19-10-11-21(22(16-19)31-3)32-14-6-8-18-7-5-9-20(25)15-18/h5,7,9-11,15-17,23,27H,12-14H2,1-4H3,(H,26,28)/t23-/m0/s1. The maximum absolute atomic E-state index is 12.4. The maximum Gasteiger partial charge on any atom is 0.238 e. The first-order valence-electron chi connectivity index (χ1n) is 10.4. The highest BCUT2D eigenvalue weighted by molar-refractivity contribution is 7.88. The fourth-order valence-electron chi connectivity index (χ4n) is 2.97. The van der Waals surface area contributed by atoms with Crippen LogP contribution in [0.1, 0.15) is 25.0 Å². The van der Waals surface area contributed by atoms with E-state index < -0.39 is 16.1 Å². The summed E-state index contributed by atoms with van der Waals surface area (Å²) in [5.74, 6) is 6.51.